The summed E-state index contributed by atoms with van der Waals surface area (Å²) in [5, 5.41) is 18.0. The summed E-state index contributed by atoms with van der Waals surface area (Å²) in [6.45, 7) is 0. The van der Waals surface area contributed by atoms with Crippen LogP contribution in [0.15, 0.2) is 10.7 Å². The van der Waals surface area contributed by atoms with E-state index >= 15 is 0 Å². The first-order chi connectivity index (χ1) is 6.83. The fourth-order valence-corrected chi connectivity index (χ4v) is 0. The molecule has 0 aliphatic rings. The van der Waals surface area contributed by atoms with Gasteiger partial charge in [0.15, 0.2) is 0 Å². The molecule has 0 rings (SSSR count). The normalized spacial score (nSPS) is 8.24. The third kappa shape index (κ3) is 4470. The molecule has 0 saturated heterocycles. The van der Waals surface area contributed by atoms with Crippen LogP contribution in [0.4, 0.5) is 0 Å². The van der Waals surface area contributed by atoms with Crippen molar-refractivity contribution in [2.75, 3.05) is 0 Å². The van der Waals surface area contributed by atoms with Gasteiger partial charge in [-0.2, -0.15) is 0 Å². The van der Waals surface area contributed by atoms with Crippen LogP contribution in [0.2, 0.25) is 0 Å². The third-order valence-corrected chi connectivity index (χ3v) is 0. The third-order valence-electron chi connectivity index (χ3n) is 0. The Morgan fingerprint density at radius 3 is 0.706 bits per heavy atom. The zero-order chi connectivity index (χ0) is 14.4. The molecule has 0 aliphatic heterocycles. The molecule has 0 N–H and O–H groups in total. The maximum absolute atomic E-state index is 8.52. The molecule has 14 nitrogen and oxygen atoms in total. The Bertz CT molecular complexity index is 296. The van der Waals surface area contributed by atoms with E-state index in [1.54, 1.807) is 0 Å². The topological polar surface area (TPSA) is 266 Å². The SMILES string of the molecule is O=N[O-].O=N[O-].O=S(=O)([O-])[O-].O=S(=O)([O-])[O-].[H+].[H+].[Pt+4]. The van der Waals surface area contributed by atoms with Crippen molar-refractivity contribution in [3.8, 4) is 0 Å². The minimum Gasteiger partial charge on any atom is -0.759 e. The first-order valence-corrected chi connectivity index (χ1v) is 4.73. The Hall–Kier alpha value is -0.772. The summed E-state index contributed by atoms with van der Waals surface area (Å²) >= 11 is 0. The summed E-state index contributed by atoms with van der Waals surface area (Å²) < 4.78 is 68.2. The number of rotatable bonds is 0. The first-order valence-electron chi connectivity index (χ1n) is 2.06. The van der Waals surface area contributed by atoms with Crippen molar-refractivity contribution in [3.63, 3.8) is 0 Å². The van der Waals surface area contributed by atoms with Gasteiger partial charge in [-0.05, 0) is 0 Å². The van der Waals surface area contributed by atoms with Gasteiger partial charge in [-0.3, -0.25) is 16.8 Å². The van der Waals surface area contributed by atoms with Gasteiger partial charge in [-0.1, -0.05) is 0 Å². The molecule has 106 valence electrons. The van der Waals surface area contributed by atoms with Crippen molar-refractivity contribution in [1.82, 2.24) is 0 Å². The van der Waals surface area contributed by atoms with Crippen LogP contribution < -0.4 is 0 Å². The Morgan fingerprint density at radius 1 is 0.706 bits per heavy atom. The average molecular weight is 481 g/mol. The molecule has 0 fully saturated rings. The Morgan fingerprint density at radius 2 is 0.706 bits per heavy atom. The van der Waals surface area contributed by atoms with Crippen molar-refractivity contribution < 1.29 is 59.0 Å². The van der Waals surface area contributed by atoms with E-state index in [-0.39, 0.29) is 23.9 Å². The van der Waals surface area contributed by atoms with E-state index in [9.17, 15) is 0 Å². The molecule has 0 radical (unpaired) electrons. The van der Waals surface area contributed by atoms with Crippen LogP contribution in [0.25, 0.3) is 0 Å². The number of hydrogen-bond acceptors (Lipinski definition) is 14. The molecule has 0 aromatic heterocycles. The van der Waals surface area contributed by atoms with Crippen LogP contribution in [-0.4, -0.2) is 35.0 Å². The molecule has 0 atom stereocenters. The average Bonchev–Trinajstić information content (AvgIpc) is 1.79. The van der Waals surface area contributed by atoms with Gasteiger partial charge in [0, 0.05) is 20.8 Å². The fourth-order valence-electron chi connectivity index (χ4n) is 0. The molecule has 0 aromatic carbocycles. The van der Waals surface area contributed by atoms with Crippen molar-refractivity contribution >= 4 is 20.8 Å². The van der Waals surface area contributed by atoms with Crippen LogP contribution in [0, 0.1) is 20.2 Å². The van der Waals surface area contributed by atoms with Crippen LogP contribution in [0.5, 0.6) is 0 Å². The smallest absolute Gasteiger partial charge is 0.759 e. The molecular formula is H2N2O12PtS2. The zero-order valence-electron chi connectivity index (χ0n) is 8.93. The van der Waals surface area contributed by atoms with Gasteiger partial charge in [0.1, 0.15) is 0 Å². The molecule has 0 aliphatic carbocycles. The molecule has 17 heavy (non-hydrogen) atoms. The summed E-state index contributed by atoms with van der Waals surface area (Å²) in [5.74, 6) is 0. The van der Waals surface area contributed by atoms with E-state index in [0.29, 0.717) is 0 Å². The second-order valence-corrected chi connectivity index (χ2v) is 2.60. The Kier molecular flexibility index (Phi) is 30.9. The van der Waals surface area contributed by atoms with Gasteiger partial charge in [-0.15, -0.1) is 10.7 Å². The summed E-state index contributed by atoms with van der Waals surface area (Å²) in [6.07, 6.45) is 0. The van der Waals surface area contributed by atoms with Gasteiger partial charge in [0.05, 0.1) is 0 Å². The first kappa shape index (κ1) is 29.9. The molecule has 0 amide bonds. The Balaban J connectivity index is -0.0000000197. The monoisotopic (exact) mass is 481 g/mol. The summed E-state index contributed by atoms with van der Waals surface area (Å²) in [6, 6.07) is 0. The molecule has 0 heterocycles. The van der Waals surface area contributed by atoms with Gasteiger partial charge < -0.3 is 38.4 Å². The molecular weight excluding hydrogens is 479 g/mol. The predicted octanol–water partition coefficient (Wildman–Crippen LogP) is -1.95. The number of nitrogens with zero attached hydrogens (tertiary/aromatic N) is 2. The van der Waals surface area contributed by atoms with Gasteiger partial charge >= 0.3 is 23.9 Å². The summed E-state index contributed by atoms with van der Waals surface area (Å²) in [5.41, 5.74) is 0. The molecule has 0 bridgehead atoms. The molecule has 0 spiro atoms. The van der Waals surface area contributed by atoms with E-state index in [1.165, 1.54) is 0 Å². The van der Waals surface area contributed by atoms with Gasteiger partial charge in [0.2, 0.25) is 0 Å². The quantitative estimate of drug-likeness (QED) is 0.158. The van der Waals surface area contributed by atoms with Crippen LogP contribution in [-0.2, 0) is 41.9 Å². The van der Waals surface area contributed by atoms with E-state index in [1.807, 2.05) is 0 Å². The summed E-state index contributed by atoms with van der Waals surface area (Å²) in [4.78, 5) is 16.0. The molecule has 0 aromatic rings. The van der Waals surface area contributed by atoms with E-state index in [2.05, 4.69) is 0 Å². The molecule has 17 heteroatoms. The second-order valence-electron chi connectivity index (χ2n) is 0.966. The van der Waals surface area contributed by atoms with Crippen LogP contribution in [0.3, 0.4) is 0 Å². The van der Waals surface area contributed by atoms with Crippen molar-refractivity contribution in [1.29, 1.82) is 0 Å². The largest absolute Gasteiger partial charge is 4.00 e. The second kappa shape index (κ2) is 17.6. The van der Waals surface area contributed by atoms with Gasteiger partial charge in [0.25, 0.3) is 0 Å². The van der Waals surface area contributed by atoms with Crippen molar-refractivity contribution in [3.05, 3.63) is 20.2 Å². The standard InChI is InChI=1S/2HNO2.2H2O4S.Pt/c2*2-1-3;2*1-5(2,3)4;/h2*(H,2,3);2*(H2,1,2,3,4);/q;;;;+4/p-4. The van der Waals surface area contributed by atoms with Crippen LogP contribution in [0.1, 0.15) is 2.85 Å². The minimum atomic E-state index is -5.17. The maximum Gasteiger partial charge on any atom is 4.00 e. The molecule has 0 saturated carbocycles. The van der Waals surface area contributed by atoms with E-state index < -0.39 is 20.8 Å². The maximum atomic E-state index is 8.52. The van der Waals surface area contributed by atoms with Crippen LogP contribution >= 0.6 is 0 Å². The van der Waals surface area contributed by atoms with E-state index in [0.717, 1.165) is 10.7 Å². The Labute approximate surface area is 111 Å². The van der Waals surface area contributed by atoms with Crippen molar-refractivity contribution in [2.24, 2.45) is 10.7 Å². The minimum absolute atomic E-state index is 0. The fraction of sp³-hybridized carbons (Fsp3) is 0. The summed E-state index contributed by atoms with van der Waals surface area (Å²) in [7, 11) is -10.3. The van der Waals surface area contributed by atoms with E-state index in [4.69, 9.17) is 55.3 Å². The number of hydrogen-bond donors (Lipinski definition) is 0. The van der Waals surface area contributed by atoms with Crippen molar-refractivity contribution in [2.45, 2.75) is 0 Å². The van der Waals surface area contributed by atoms with Gasteiger partial charge in [-0.25, -0.2) is 0 Å². The molecule has 0 unspecified atom stereocenters. The predicted molar refractivity (Wildman–Crippen MR) is 41.5 cm³/mol. The zero-order valence-corrected chi connectivity index (χ0v) is 10.8.